The molecule has 4 aliphatic rings. The number of piperazine rings is 1. The zero-order valence-electron chi connectivity index (χ0n) is 25.9. The molecule has 3 saturated heterocycles. The summed E-state index contributed by atoms with van der Waals surface area (Å²) < 4.78 is 5.52. The number of phenolic OH excluding ortho intramolecular Hbond substituents is 1. The van der Waals surface area contributed by atoms with Gasteiger partial charge in [0.15, 0.2) is 5.75 Å². The predicted molar refractivity (Wildman–Crippen MR) is 177 cm³/mol. The van der Waals surface area contributed by atoms with Gasteiger partial charge in [-0.05, 0) is 61.4 Å². The lowest BCUT2D eigenvalue weighted by Gasteiger charge is -2.42. The van der Waals surface area contributed by atoms with Crippen molar-refractivity contribution in [3.63, 3.8) is 0 Å². The molecule has 0 unspecified atom stereocenters. The molecule has 0 aliphatic carbocycles. The highest BCUT2D eigenvalue weighted by atomic mass is 35.5. The Hall–Kier alpha value is -3.25. The van der Waals surface area contributed by atoms with Crippen molar-refractivity contribution in [3.8, 4) is 5.75 Å². The van der Waals surface area contributed by atoms with E-state index in [1.165, 1.54) is 0 Å². The van der Waals surface area contributed by atoms with Crippen LogP contribution in [0.25, 0.3) is 0 Å². The Morgan fingerprint density at radius 2 is 1.59 bits per heavy atom. The van der Waals surface area contributed by atoms with Crippen LogP contribution in [0.3, 0.4) is 0 Å². The van der Waals surface area contributed by atoms with E-state index in [-0.39, 0.29) is 46.2 Å². The lowest BCUT2D eigenvalue weighted by atomic mass is 10.0. The average Bonchev–Trinajstić information content (AvgIpc) is 3.25. The fourth-order valence-corrected chi connectivity index (χ4v) is 7.64. The second-order valence-electron chi connectivity index (χ2n) is 12.6. The molecule has 3 N–H and O–H groups in total. The fourth-order valence-electron chi connectivity index (χ4n) is 7.11. The monoisotopic (exact) mass is 672 g/mol. The molecule has 0 spiro atoms. The smallest absolute Gasteiger partial charge is 0.322 e. The summed E-state index contributed by atoms with van der Waals surface area (Å²) >= 11 is 12.4. The van der Waals surface area contributed by atoms with E-state index in [2.05, 4.69) is 15.5 Å². The number of hydrogen-bond donors (Lipinski definition) is 3. The number of amides is 5. The van der Waals surface area contributed by atoms with Crippen LogP contribution >= 0.6 is 23.2 Å². The summed E-state index contributed by atoms with van der Waals surface area (Å²) in [6.45, 7) is 5.80. The van der Waals surface area contributed by atoms with Crippen molar-refractivity contribution in [2.24, 2.45) is 0 Å². The minimum atomic E-state index is -0.841. The van der Waals surface area contributed by atoms with Crippen LogP contribution in [0.1, 0.15) is 36.8 Å². The van der Waals surface area contributed by atoms with E-state index in [4.69, 9.17) is 27.9 Å². The van der Waals surface area contributed by atoms with E-state index >= 15 is 0 Å². The van der Waals surface area contributed by atoms with Crippen molar-refractivity contribution in [1.82, 2.24) is 24.9 Å². The molecule has 3 fully saturated rings. The minimum Gasteiger partial charge on any atom is -0.505 e. The van der Waals surface area contributed by atoms with Gasteiger partial charge in [0.05, 0.1) is 10.0 Å². The number of anilines is 1. The van der Waals surface area contributed by atoms with Crippen LogP contribution < -0.4 is 10.6 Å². The molecule has 0 saturated carbocycles. The second-order valence-corrected chi connectivity index (χ2v) is 13.4. The molecule has 46 heavy (non-hydrogen) atoms. The number of benzene rings is 2. The highest BCUT2D eigenvalue weighted by molar-refractivity contribution is 6.37. The first-order chi connectivity index (χ1) is 22.3. The van der Waals surface area contributed by atoms with E-state index in [9.17, 15) is 19.5 Å². The van der Waals surface area contributed by atoms with Crippen LogP contribution in [0.2, 0.25) is 10.0 Å². The van der Waals surface area contributed by atoms with Crippen LogP contribution in [0.4, 0.5) is 15.3 Å². The van der Waals surface area contributed by atoms with E-state index in [1.54, 1.807) is 17.0 Å². The molecule has 5 amide bonds. The Morgan fingerprint density at radius 1 is 0.913 bits per heavy atom. The molecule has 0 bridgehead atoms. The fraction of sp³-hybridized carbons (Fsp3) is 0.545. The summed E-state index contributed by atoms with van der Waals surface area (Å²) in [6.07, 6.45) is 4.24. The van der Waals surface area contributed by atoms with Crippen molar-refractivity contribution in [3.05, 3.63) is 57.6 Å². The first-order valence-corrected chi connectivity index (χ1v) is 17.0. The Kier molecular flexibility index (Phi) is 10.4. The number of carbonyl (C=O) groups is 3. The molecule has 0 aromatic heterocycles. The highest BCUT2D eigenvalue weighted by Gasteiger charge is 2.35. The van der Waals surface area contributed by atoms with Gasteiger partial charge in [0.25, 0.3) is 0 Å². The van der Waals surface area contributed by atoms with E-state index in [1.807, 2.05) is 34.1 Å². The van der Waals surface area contributed by atoms with Gasteiger partial charge >= 0.3 is 12.1 Å². The molecule has 2 aromatic carbocycles. The lowest BCUT2D eigenvalue weighted by Crippen LogP contribution is -2.59. The third-order valence-electron chi connectivity index (χ3n) is 9.78. The van der Waals surface area contributed by atoms with Gasteiger partial charge in [-0.2, -0.15) is 0 Å². The number of halogens is 2. The summed E-state index contributed by atoms with van der Waals surface area (Å²) in [7, 11) is 0. The van der Waals surface area contributed by atoms with Gasteiger partial charge in [-0.15, -0.1) is 0 Å². The largest absolute Gasteiger partial charge is 0.505 e. The van der Waals surface area contributed by atoms with Gasteiger partial charge in [-0.3, -0.25) is 9.69 Å². The van der Waals surface area contributed by atoms with Gasteiger partial charge < -0.3 is 35.2 Å². The normalized spacial score (nSPS) is 20.9. The van der Waals surface area contributed by atoms with Gasteiger partial charge in [-0.1, -0.05) is 41.4 Å². The molecule has 2 aromatic rings. The number of rotatable bonds is 6. The predicted octanol–water partition coefficient (Wildman–Crippen LogP) is 4.20. The molecule has 4 heterocycles. The number of aromatic hydroxyl groups is 1. The molecule has 1 atom stereocenters. The van der Waals surface area contributed by atoms with Crippen LogP contribution in [0.15, 0.2) is 36.4 Å². The minimum absolute atomic E-state index is 0.0177. The summed E-state index contributed by atoms with van der Waals surface area (Å²) in [6, 6.07) is 10.2. The molecule has 4 aliphatic heterocycles. The average molecular weight is 674 g/mol. The molecular weight excluding hydrogens is 631 g/mol. The Morgan fingerprint density at radius 3 is 2.28 bits per heavy atom. The summed E-state index contributed by atoms with van der Waals surface area (Å²) in [5.41, 5.74) is 2.61. The number of phenols is 1. The lowest BCUT2D eigenvalue weighted by molar-refractivity contribution is -0.135. The maximum atomic E-state index is 13.9. The molecule has 0 radical (unpaired) electrons. The molecule has 11 nitrogen and oxygen atoms in total. The number of carbonyl (C=O) groups excluding carboxylic acids is 3. The van der Waals surface area contributed by atoms with Crippen molar-refractivity contribution >= 4 is 46.9 Å². The van der Waals surface area contributed by atoms with Crippen molar-refractivity contribution < 1.29 is 24.2 Å². The van der Waals surface area contributed by atoms with Crippen LogP contribution in [0, 0.1) is 0 Å². The van der Waals surface area contributed by atoms with Crippen LogP contribution in [-0.2, 0) is 22.4 Å². The Balaban J connectivity index is 1.09. The quantitative estimate of drug-likeness (QED) is 0.424. The van der Waals surface area contributed by atoms with Crippen molar-refractivity contribution in [1.29, 1.82) is 0 Å². The second kappa shape index (κ2) is 14.7. The third-order valence-corrected chi connectivity index (χ3v) is 10.4. The number of nitrogens with one attached hydrogen (secondary N) is 2. The maximum Gasteiger partial charge on any atom is 0.322 e. The Labute approximate surface area is 279 Å². The molecule has 248 valence electrons. The number of nitrogens with zero attached hydrogens (tertiary/aromatic N) is 4. The summed E-state index contributed by atoms with van der Waals surface area (Å²) in [5.74, 6) is -0.371. The van der Waals surface area contributed by atoms with E-state index < -0.39 is 6.04 Å². The molecule has 13 heteroatoms. The van der Waals surface area contributed by atoms with Crippen LogP contribution in [-0.4, -0.2) is 120 Å². The van der Waals surface area contributed by atoms with Gasteiger partial charge in [0.1, 0.15) is 6.04 Å². The number of ether oxygens (including phenoxy) is 1. The molecular formula is C33H42Cl2N6O5. The first kappa shape index (κ1) is 32.7. The zero-order chi connectivity index (χ0) is 32.2. The van der Waals surface area contributed by atoms with E-state index in [0.29, 0.717) is 57.2 Å². The summed E-state index contributed by atoms with van der Waals surface area (Å²) in [4.78, 5) is 48.5. The topological polar surface area (TPSA) is 118 Å². The number of fused-ring (bicyclic) bond motifs is 1. The Bertz CT molecular complexity index is 1400. The standard InChI is InChI=1S/C33H42Cl2N6O5/c34-26-19-22(20-27(35)30(26)42)21-29(31(43)39-15-13-38(14-16-39)24-8-17-46-18-9-24)37-32(44)40-10-6-25(7-11-40)41-12-5-23-3-1-2-4-28(23)36-33(41)45/h1-4,19-20,24-25,29,42H,5-18,21H2,(H,36,45)(H,37,44)/t29-/m1/s1. The van der Waals surface area contributed by atoms with Crippen molar-refractivity contribution in [2.75, 3.05) is 64.3 Å². The number of para-hydroxylation sites is 1. The molecule has 6 rings (SSSR count). The first-order valence-electron chi connectivity index (χ1n) is 16.2. The van der Waals surface area contributed by atoms with Crippen molar-refractivity contribution in [2.45, 2.75) is 56.7 Å². The number of likely N-dealkylation sites (tertiary alicyclic amines) is 1. The zero-order valence-corrected chi connectivity index (χ0v) is 27.4. The van der Waals surface area contributed by atoms with Gasteiger partial charge in [0, 0.05) is 83.2 Å². The van der Waals surface area contributed by atoms with Crippen LogP contribution in [0.5, 0.6) is 5.75 Å². The van der Waals surface area contributed by atoms with Gasteiger partial charge in [-0.25, -0.2) is 9.59 Å². The SMILES string of the molecule is O=C(N[C@H](Cc1cc(Cl)c(O)c(Cl)c1)C(=O)N1CCN(C2CCOCC2)CC1)N1CCC(N2CCc3ccccc3NC2=O)CC1. The maximum absolute atomic E-state index is 13.9. The summed E-state index contributed by atoms with van der Waals surface area (Å²) in [5, 5.41) is 16.3. The third kappa shape index (κ3) is 7.48. The van der Waals surface area contributed by atoms with E-state index in [0.717, 1.165) is 56.8 Å². The highest BCUT2D eigenvalue weighted by Crippen LogP contribution is 2.33. The number of hydrogen-bond acceptors (Lipinski definition) is 6. The number of urea groups is 2. The number of piperidine rings is 1. The van der Waals surface area contributed by atoms with Gasteiger partial charge in [0.2, 0.25) is 5.91 Å².